The summed E-state index contributed by atoms with van der Waals surface area (Å²) in [5.74, 6) is 0.720. The van der Waals surface area contributed by atoms with Gasteiger partial charge in [-0.05, 0) is 32.3 Å². The lowest BCUT2D eigenvalue weighted by molar-refractivity contribution is -0.129. The molecule has 18 heavy (non-hydrogen) atoms. The van der Waals surface area contributed by atoms with Gasteiger partial charge in [-0.1, -0.05) is 18.2 Å². The van der Waals surface area contributed by atoms with E-state index < -0.39 is 5.54 Å². The monoisotopic (exact) mass is 248 g/mol. The molecule has 98 valence electrons. The number of rotatable bonds is 4. The minimum atomic E-state index is -0.656. The van der Waals surface area contributed by atoms with E-state index in [1.807, 2.05) is 31.2 Å². The second-order valence-electron chi connectivity index (χ2n) is 4.95. The van der Waals surface area contributed by atoms with Crippen LogP contribution in [0.5, 0.6) is 5.75 Å². The fraction of sp³-hybridized carbons (Fsp3) is 0.500. The fourth-order valence-corrected chi connectivity index (χ4v) is 2.23. The summed E-state index contributed by atoms with van der Waals surface area (Å²) in [5, 5.41) is 2.97. The van der Waals surface area contributed by atoms with Gasteiger partial charge >= 0.3 is 0 Å². The molecule has 1 atom stereocenters. The lowest BCUT2D eigenvalue weighted by Crippen LogP contribution is -2.58. The lowest BCUT2D eigenvalue weighted by Gasteiger charge is -2.37. The summed E-state index contributed by atoms with van der Waals surface area (Å²) in [4.78, 5) is 12.1. The van der Waals surface area contributed by atoms with E-state index in [1.165, 1.54) is 0 Å². The van der Waals surface area contributed by atoms with Crippen molar-refractivity contribution >= 4 is 5.91 Å². The van der Waals surface area contributed by atoms with Crippen LogP contribution in [-0.4, -0.2) is 18.6 Å². The zero-order chi connectivity index (χ0) is 13.2. The van der Waals surface area contributed by atoms with Gasteiger partial charge in [-0.25, -0.2) is 0 Å². The number of carbonyl (C=O) groups excluding carboxylic acids is 1. The second kappa shape index (κ2) is 4.98. The van der Waals surface area contributed by atoms with Crippen LogP contribution in [0.15, 0.2) is 24.3 Å². The molecule has 1 aliphatic carbocycles. The first-order valence-corrected chi connectivity index (χ1v) is 6.29. The Hall–Kier alpha value is -1.55. The summed E-state index contributed by atoms with van der Waals surface area (Å²) in [6, 6.07) is 7.58. The maximum absolute atomic E-state index is 12.1. The van der Waals surface area contributed by atoms with Crippen LogP contribution in [0.25, 0.3) is 0 Å². The molecule has 0 bridgehead atoms. The minimum Gasteiger partial charge on any atom is -0.496 e. The maximum atomic E-state index is 12.1. The normalized spacial score (nSPS) is 18.6. The van der Waals surface area contributed by atoms with Crippen molar-refractivity contribution in [3.8, 4) is 5.75 Å². The Balaban J connectivity index is 2.07. The van der Waals surface area contributed by atoms with E-state index in [0.717, 1.165) is 30.6 Å². The van der Waals surface area contributed by atoms with Gasteiger partial charge in [0.1, 0.15) is 5.75 Å². The number of nitrogens with one attached hydrogen (secondary N) is 1. The summed E-state index contributed by atoms with van der Waals surface area (Å²) < 4.78 is 5.29. The van der Waals surface area contributed by atoms with E-state index in [1.54, 1.807) is 7.11 Å². The second-order valence-corrected chi connectivity index (χ2v) is 4.95. The van der Waals surface area contributed by atoms with Crippen LogP contribution in [-0.2, 0) is 4.79 Å². The van der Waals surface area contributed by atoms with E-state index in [-0.39, 0.29) is 11.9 Å². The van der Waals surface area contributed by atoms with Crippen LogP contribution in [0, 0.1) is 0 Å². The molecule has 1 saturated carbocycles. The minimum absolute atomic E-state index is 0.0628. The Labute approximate surface area is 108 Å². The highest BCUT2D eigenvalue weighted by Crippen LogP contribution is 2.31. The number of methoxy groups -OCH3 is 1. The molecule has 0 spiro atoms. The van der Waals surface area contributed by atoms with Crippen molar-refractivity contribution in [2.24, 2.45) is 5.73 Å². The molecule has 0 radical (unpaired) electrons. The number of para-hydroxylation sites is 1. The SMILES string of the molecule is COc1ccccc1C(C)NC(=O)C1(N)CCC1. The molecule has 0 aromatic heterocycles. The van der Waals surface area contributed by atoms with Crippen molar-refractivity contribution in [3.05, 3.63) is 29.8 Å². The largest absolute Gasteiger partial charge is 0.496 e. The molecular weight excluding hydrogens is 228 g/mol. The summed E-state index contributed by atoms with van der Waals surface area (Å²) in [5.41, 5.74) is 6.31. The molecule has 0 saturated heterocycles. The summed E-state index contributed by atoms with van der Waals surface area (Å²) in [6.45, 7) is 1.94. The van der Waals surface area contributed by atoms with Crippen molar-refractivity contribution < 1.29 is 9.53 Å². The smallest absolute Gasteiger partial charge is 0.240 e. The number of hydrogen-bond donors (Lipinski definition) is 2. The quantitative estimate of drug-likeness (QED) is 0.853. The Morgan fingerprint density at radius 1 is 1.44 bits per heavy atom. The van der Waals surface area contributed by atoms with Crippen molar-refractivity contribution in [2.45, 2.75) is 37.8 Å². The summed E-state index contributed by atoms with van der Waals surface area (Å²) >= 11 is 0. The molecule has 1 amide bonds. The number of carbonyl (C=O) groups is 1. The highest BCUT2D eigenvalue weighted by Gasteiger charge is 2.40. The van der Waals surface area contributed by atoms with Gasteiger partial charge in [0, 0.05) is 5.56 Å². The first-order valence-electron chi connectivity index (χ1n) is 6.29. The molecule has 0 aliphatic heterocycles. The fourth-order valence-electron chi connectivity index (χ4n) is 2.23. The van der Waals surface area contributed by atoms with Gasteiger partial charge in [0.2, 0.25) is 5.91 Å². The number of amides is 1. The molecule has 1 aliphatic rings. The van der Waals surface area contributed by atoms with Gasteiger partial charge in [0.05, 0.1) is 18.7 Å². The third-order valence-electron chi connectivity index (χ3n) is 3.65. The van der Waals surface area contributed by atoms with Gasteiger partial charge in [-0.3, -0.25) is 4.79 Å². The highest BCUT2D eigenvalue weighted by molar-refractivity contribution is 5.87. The zero-order valence-corrected chi connectivity index (χ0v) is 10.9. The topological polar surface area (TPSA) is 64.3 Å². The predicted octanol–water partition coefficient (Wildman–Crippen LogP) is 1.75. The summed E-state index contributed by atoms with van der Waals surface area (Å²) in [7, 11) is 1.63. The molecule has 1 aromatic carbocycles. The van der Waals surface area contributed by atoms with E-state index >= 15 is 0 Å². The molecule has 4 heteroatoms. The molecule has 0 heterocycles. The highest BCUT2D eigenvalue weighted by atomic mass is 16.5. The van der Waals surface area contributed by atoms with Crippen LogP contribution < -0.4 is 15.8 Å². The molecule has 1 fully saturated rings. The number of hydrogen-bond acceptors (Lipinski definition) is 3. The van der Waals surface area contributed by atoms with Gasteiger partial charge in [0.25, 0.3) is 0 Å². The van der Waals surface area contributed by atoms with Gasteiger partial charge in [-0.2, -0.15) is 0 Å². The van der Waals surface area contributed by atoms with Crippen molar-refractivity contribution in [1.82, 2.24) is 5.32 Å². The molecular formula is C14H20N2O2. The average Bonchev–Trinajstić information content (AvgIpc) is 2.35. The van der Waals surface area contributed by atoms with Gasteiger partial charge < -0.3 is 15.8 Å². The zero-order valence-electron chi connectivity index (χ0n) is 10.9. The third kappa shape index (κ3) is 2.34. The van der Waals surface area contributed by atoms with Crippen LogP contribution in [0.2, 0.25) is 0 Å². The Morgan fingerprint density at radius 2 is 2.11 bits per heavy atom. The molecule has 1 unspecified atom stereocenters. The number of nitrogens with two attached hydrogens (primary N) is 1. The van der Waals surface area contributed by atoms with Crippen molar-refractivity contribution in [3.63, 3.8) is 0 Å². The van der Waals surface area contributed by atoms with E-state index in [9.17, 15) is 4.79 Å². The van der Waals surface area contributed by atoms with Crippen LogP contribution >= 0.6 is 0 Å². The number of benzene rings is 1. The van der Waals surface area contributed by atoms with Crippen molar-refractivity contribution in [1.29, 1.82) is 0 Å². The molecule has 4 nitrogen and oxygen atoms in total. The molecule has 3 N–H and O–H groups in total. The summed E-state index contributed by atoms with van der Waals surface area (Å²) in [6.07, 6.45) is 2.59. The predicted molar refractivity (Wildman–Crippen MR) is 70.3 cm³/mol. The van der Waals surface area contributed by atoms with Crippen LogP contribution in [0.3, 0.4) is 0 Å². The molecule has 2 rings (SSSR count). The van der Waals surface area contributed by atoms with E-state index in [2.05, 4.69) is 5.32 Å². The van der Waals surface area contributed by atoms with Gasteiger partial charge in [0.15, 0.2) is 0 Å². The van der Waals surface area contributed by atoms with Crippen LogP contribution in [0.4, 0.5) is 0 Å². The standard InChI is InChI=1S/C14H20N2O2/c1-10(11-6-3-4-7-12(11)18-2)16-13(17)14(15)8-5-9-14/h3-4,6-7,10H,5,8-9,15H2,1-2H3,(H,16,17). The van der Waals surface area contributed by atoms with Gasteiger partial charge in [-0.15, -0.1) is 0 Å². The van der Waals surface area contributed by atoms with Crippen molar-refractivity contribution in [2.75, 3.05) is 7.11 Å². The average molecular weight is 248 g/mol. The third-order valence-corrected chi connectivity index (χ3v) is 3.65. The Bertz CT molecular complexity index is 441. The van der Waals surface area contributed by atoms with E-state index in [0.29, 0.717) is 0 Å². The first-order chi connectivity index (χ1) is 8.57. The Kier molecular flexibility index (Phi) is 3.57. The number of ether oxygens (including phenoxy) is 1. The Morgan fingerprint density at radius 3 is 2.67 bits per heavy atom. The maximum Gasteiger partial charge on any atom is 0.240 e. The lowest BCUT2D eigenvalue weighted by atomic mass is 9.77. The molecule has 1 aromatic rings. The van der Waals surface area contributed by atoms with Crippen LogP contribution in [0.1, 0.15) is 37.8 Å². The van der Waals surface area contributed by atoms with E-state index in [4.69, 9.17) is 10.5 Å². The first kappa shape index (κ1) is 12.9.